The number of amides is 1. The van der Waals surface area contributed by atoms with E-state index in [9.17, 15) is 23.5 Å². The summed E-state index contributed by atoms with van der Waals surface area (Å²) in [6.07, 6.45) is 0.0853. The second-order valence-corrected chi connectivity index (χ2v) is 4.95. The highest BCUT2D eigenvalue weighted by atomic mass is 19.1. The van der Waals surface area contributed by atoms with Crippen LogP contribution in [0.25, 0.3) is 0 Å². The zero-order valence-corrected chi connectivity index (χ0v) is 12.3. The summed E-state index contributed by atoms with van der Waals surface area (Å²) in [6.45, 7) is 0. The molecule has 2 N–H and O–H groups in total. The first-order valence-electron chi connectivity index (χ1n) is 6.87. The van der Waals surface area contributed by atoms with E-state index >= 15 is 0 Å². The summed E-state index contributed by atoms with van der Waals surface area (Å²) in [5, 5.41) is 20.1. The number of nitrogens with one attached hydrogen (secondary N) is 1. The van der Waals surface area contributed by atoms with E-state index in [-0.39, 0.29) is 12.0 Å². The standard InChI is InChI=1S/C17H12F2N2O3/c18-12-4-5-14(19)13(9-12)15(17(23)24)21-16(22)11-3-1-2-10(8-11)6-7-20/h1-5,8-9,15H,6H2,(H,21,22)(H,23,24). The van der Waals surface area contributed by atoms with Gasteiger partial charge in [-0.15, -0.1) is 0 Å². The maximum Gasteiger partial charge on any atom is 0.331 e. The van der Waals surface area contributed by atoms with Crippen LogP contribution in [0, 0.1) is 23.0 Å². The third-order valence-corrected chi connectivity index (χ3v) is 3.26. The van der Waals surface area contributed by atoms with E-state index < -0.39 is 35.1 Å². The van der Waals surface area contributed by atoms with Gasteiger partial charge in [-0.3, -0.25) is 4.79 Å². The van der Waals surface area contributed by atoms with Crippen LogP contribution >= 0.6 is 0 Å². The highest BCUT2D eigenvalue weighted by Crippen LogP contribution is 2.19. The van der Waals surface area contributed by atoms with Crippen molar-refractivity contribution < 1.29 is 23.5 Å². The van der Waals surface area contributed by atoms with Crippen LogP contribution < -0.4 is 5.32 Å². The smallest absolute Gasteiger partial charge is 0.331 e. The number of benzene rings is 2. The van der Waals surface area contributed by atoms with Crippen LogP contribution in [0.4, 0.5) is 8.78 Å². The summed E-state index contributed by atoms with van der Waals surface area (Å²) < 4.78 is 27.0. The minimum Gasteiger partial charge on any atom is -0.479 e. The Morgan fingerprint density at radius 2 is 1.96 bits per heavy atom. The lowest BCUT2D eigenvalue weighted by molar-refractivity contribution is -0.139. The van der Waals surface area contributed by atoms with Gasteiger partial charge in [-0.05, 0) is 35.9 Å². The molecule has 2 rings (SSSR count). The van der Waals surface area contributed by atoms with Crippen LogP contribution in [-0.4, -0.2) is 17.0 Å². The third-order valence-electron chi connectivity index (χ3n) is 3.26. The summed E-state index contributed by atoms with van der Waals surface area (Å²) >= 11 is 0. The fourth-order valence-electron chi connectivity index (χ4n) is 2.14. The Morgan fingerprint density at radius 1 is 1.21 bits per heavy atom. The molecular weight excluding hydrogens is 318 g/mol. The summed E-state index contributed by atoms with van der Waals surface area (Å²) in [5.74, 6) is -4.06. The molecule has 0 aliphatic heterocycles. The Hall–Kier alpha value is -3.27. The number of carbonyl (C=O) groups excluding carboxylic acids is 1. The Balaban J connectivity index is 2.30. The molecule has 0 aliphatic carbocycles. The lowest BCUT2D eigenvalue weighted by Gasteiger charge is -2.16. The molecule has 0 aliphatic rings. The van der Waals surface area contributed by atoms with Gasteiger partial charge in [0.05, 0.1) is 12.5 Å². The first-order valence-corrected chi connectivity index (χ1v) is 6.87. The molecule has 122 valence electrons. The maximum absolute atomic E-state index is 13.8. The highest BCUT2D eigenvalue weighted by Gasteiger charge is 2.26. The number of halogens is 2. The molecule has 1 amide bonds. The van der Waals surface area contributed by atoms with E-state index in [0.29, 0.717) is 5.56 Å². The van der Waals surface area contributed by atoms with Gasteiger partial charge >= 0.3 is 5.97 Å². The van der Waals surface area contributed by atoms with Crippen molar-refractivity contribution >= 4 is 11.9 Å². The van der Waals surface area contributed by atoms with Crippen LogP contribution in [0.2, 0.25) is 0 Å². The normalized spacial score (nSPS) is 11.4. The van der Waals surface area contributed by atoms with Gasteiger partial charge in [-0.25, -0.2) is 13.6 Å². The molecule has 0 bridgehead atoms. The molecule has 24 heavy (non-hydrogen) atoms. The maximum atomic E-state index is 13.8. The summed E-state index contributed by atoms with van der Waals surface area (Å²) in [4.78, 5) is 23.6. The van der Waals surface area contributed by atoms with Crippen molar-refractivity contribution in [2.75, 3.05) is 0 Å². The Bertz CT molecular complexity index is 831. The van der Waals surface area contributed by atoms with E-state index in [4.69, 9.17) is 5.26 Å². The quantitative estimate of drug-likeness (QED) is 0.881. The van der Waals surface area contributed by atoms with Crippen LogP contribution in [0.15, 0.2) is 42.5 Å². The Morgan fingerprint density at radius 3 is 2.62 bits per heavy atom. The van der Waals surface area contributed by atoms with Crippen molar-refractivity contribution in [3.8, 4) is 6.07 Å². The zero-order valence-electron chi connectivity index (χ0n) is 12.3. The Labute approximate surface area is 136 Å². The van der Waals surface area contributed by atoms with Gasteiger partial charge in [0.15, 0.2) is 6.04 Å². The van der Waals surface area contributed by atoms with Gasteiger partial charge in [-0.1, -0.05) is 12.1 Å². The van der Waals surface area contributed by atoms with Crippen molar-refractivity contribution in [2.45, 2.75) is 12.5 Å². The zero-order chi connectivity index (χ0) is 17.7. The van der Waals surface area contributed by atoms with Crippen molar-refractivity contribution in [2.24, 2.45) is 0 Å². The topological polar surface area (TPSA) is 90.2 Å². The molecule has 5 nitrogen and oxygen atoms in total. The van der Waals surface area contributed by atoms with Crippen molar-refractivity contribution in [3.63, 3.8) is 0 Å². The summed E-state index contributed by atoms with van der Waals surface area (Å²) in [7, 11) is 0. The number of hydrogen-bond acceptors (Lipinski definition) is 3. The molecule has 0 fully saturated rings. The predicted octanol–water partition coefficient (Wildman–Crippen LogP) is 2.59. The molecule has 2 aromatic rings. The monoisotopic (exact) mass is 330 g/mol. The summed E-state index contributed by atoms with van der Waals surface area (Å²) in [6, 6.07) is 8.59. The largest absolute Gasteiger partial charge is 0.479 e. The number of rotatable bonds is 5. The molecule has 7 heteroatoms. The average Bonchev–Trinajstić information content (AvgIpc) is 2.55. The van der Waals surface area contributed by atoms with Gasteiger partial charge < -0.3 is 10.4 Å². The van der Waals surface area contributed by atoms with E-state index in [1.807, 2.05) is 6.07 Å². The van der Waals surface area contributed by atoms with Crippen LogP contribution in [0.1, 0.15) is 27.5 Å². The molecule has 0 saturated carbocycles. The Kier molecular flexibility index (Phi) is 5.22. The molecule has 0 heterocycles. The number of nitrogens with zero attached hydrogens (tertiary/aromatic N) is 1. The van der Waals surface area contributed by atoms with Gasteiger partial charge in [0.1, 0.15) is 11.6 Å². The van der Waals surface area contributed by atoms with E-state index in [2.05, 4.69) is 5.32 Å². The average molecular weight is 330 g/mol. The van der Waals surface area contributed by atoms with Crippen LogP contribution in [-0.2, 0) is 11.2 Å². The lowest BCUT2D eigenvalue weighted by atomic mass is 10.0. The first-order chi connectivity index (χ1) is 11.4. The lowest BCUT2D eigenvalue weighted by Crippen LogP contribution is -2.34. The molecule has 2 aromatic carbocycles. The second kappa shape index (κ2) is 7.33. The number of aliphatic carboxylic acids is 1. The van der Waals surface area contributed by atoms with E-state index in [0.717, 1.165) is 18.2 Å². The number of carboxylic acid groups (broad SMARTS) is 1. The van der Waals surface area contributed by atoms with Gasteiger partial charge in [0.25, 0.3) is 5.91 Å². The van der Waals surface area contributed by atoms with Crippen molar-refractivity contribution in [1.82, 2.24) is 5.32 Å². The van der Waals surface area contributed by atoms with Crippen molar-refractivity contribution in [3.05, 3.63) is 70.8 Å². The minimum absolute atomic E-state index is 0.0853. The number of carbonyl (C=O) groups is 2. The fourth-order valence-corrected chi connectivity index (χ4v) is 2.14. The molecule has 0 saturated heterocycles. The van der Waals surface area contributed by atoms with Crippen LogP contribution in [0.3, 0.4) is 0 Å². The first kappa shape index (κ1) is 17.1. The van der Waals surface area contributed by atoms with Gasteiger partial charge in [-0.2, -0.15) is 5.26 Å². The van der Waals surface area contributed by atoms with Gasteiger partial charge in [0, 0.05) is 11.1 Å². The second-order valence-electron chi connectivity index (χ2n) is 4.95. The molecule has 1 atom stereocenters. The molecule has 1 unspecified atom stereocenters. The van der Waals surface area contributed by atoms with Crippen molar-refractivity contribution in [1.29, 1.82) is 5.26 Å². The molecule has 0 radical (unpaired) electrons. The molecular formula is C17H12F2N2O3. The molecule has 0 spiro atoms. The minimum atomic E-state index is -1.74. The highest BCUT2D eigenvalue weighted by molar-refractivity contribution is 5.97. The van der Waals surface area contributed by atoms with Crippen LogP contribution in [0.5, 0.6) is 0 Å². The number of carboxylic acids is 1. The SMILES string of the molecule is N#CCc1cccc(C(=O)NC(C(=O)O)c2cc(F)ccc2F)c1. The van der Waals surface area contributed by atoms with E-state index in [1.165, 1.54) is 12.1 Å². The fraction of sp³-hybridized carbons (Fsp3) is 0.118. The third kappa shape index (κ3) is 3.93. The predicted molar refractivity (Wildman–Crippen MR) is 80.0 cm³/mol. The number of hydrogen-bond donors (Lipinski definition) is 2. The van der Waals surface area contributed by atoms with E-state index in [1.54, 1.807) is 12.1 Å². The molecule has 0 aromatic heterocycles. The number of nitriles is 1. The summed E-state index contributed by atoms with van der Waals surface area (Å²) in [5.41, 5.74) is 0.212. The van der Waals surface area contributed by atoms with Gasteiger partial charge in [0.2, 0.25) is 0 Å².